The largest absolute Gasteiger partial charge is 0.457 e. The zero-order chi connectivity index (χ0) is 29.5. The molecule has 0 spiro atoms. The Hall–Kier alpha value is -3.23. The lowest BCUT2D eigenvalue weighted by Gasteiger charge is -2.36. The Kier molecular flexibility index (Phi) is 11.8. The van der Waals surface area contributed by atoms with E-state index in [1.807, 2.05) is 0 Å². The van der Waals surface area contributed by atoms with Gasteiger partial charge in [-0.05, 0) is 85.1 Å². The minimum absolute atomic E-state index is 0. The summed E-state index contributed by atoms with van der Waals surface area (Å²) >= 11 is 12.3. The fraction of sp³-hybridized carbons (Fsp3) is 0.273. The Labute approximate surface area is 266 Å². The third-order valence-electron chi connectivity index (χ3n) is 7.56. The molecule has 0 atom stereocenters. The number of anilines is 1. The van der Waals surface area contributed by atoms with Gasteiger partial charge in [-0.2, -0.15) is 0 Å². The van der Waals surface area contributed by atoms with E-state index < -0.39 is 5.97 Å². The number of carbonyl (C=O) groups is 1. The van der Waals surface area contributed by atoms with Gasteiger partial charge < -0.3 is 9.64 Å². The van der Waals surface area contributed by atoms with Crippen molar-refractivity contribution in [3.05, 3.63) is 129 Å². The number of esters is 1. The topological polar surface area (TPSA) is 45.7 Å². The predicted molar refractivity (Wildman–Crippen MR) is 170 cm³/mol. The van der Waals surface area contributed by atoms with Gasteiger partial charge in [-0.25, -0.2) is 18.6 Å². The summed E-state index contributed by atoms with van der Waals surface area (Å²) in [4.78, 5) is 22.0. The molecule has 10 heteroatoms. The average Bonchev–Trinajstić information content (AvgIpc) is 3.01. The molecule has 1 saturated heterocycles. The Balaban J connectivity index is 0.00000423. The van der Waals surface area contributed by atoms with E-state index >= 15 is 0 Å². The summed E-state index contributed by atoms with van der Waals surface area (Å²) in [6.07, 6.45) is 3.45. The van der Waals surface area contributed by atoms with Crippen LogP contribution >= 0.6 is 35.6 Å². The van der Waals surface area contributed by atoms with Crippen LogP contribution in [0.25, 0.3) is 0 Å². The van der Waals surface area contributed by atoms with Crippen LogP contribution in [0, 0.1) is 11.6 Å². The lowest BCUT2D eigenvalue weighted by atomic mass is 9.87. The summed E-state index contributed by atoms with van der Waals surface area (Å²) in [7, 11) is 0. The molecule has 5 rings (SSSR count). The van der Waals surface area contributed by atoms with Crippen LogP contribution in [0.1, 0.15) is 45.8 Å². The molecule has 0 N–H and O–H groups in total. The zero-order valence-corrected chi connectivity index (χ0v) is 25.7. The van der Waals surface area contributed by atoms with Crippen LogP contribution in [0.2, 0.25) is 10.0 Å². The molecule has 1 aromatic heterocycles. The van der Waals surface area contributed by atoms with E-state index in [4.69, 9.17) is 27.9 Å². The van der Waals surface area contributed by atoms with Gasteiger partial charge in [0.1, 0.15) is 29.6 Å². The standard InChI is InChI=1S/C33H31Cl2F2N3O2.ClH/c34-26-9-14-31(35)25(21-26)22-42-33(41)30-3-1-15-38-32(30)40-19-17-39(18-20-40)16-2-4-29(23-5-10-27(36)11-6-23)24-7-12-28(37)13-8-24;/h1,3,5-15,21,29H,2,4,16-20,22H2;1H. The molecule has 3 aromatic carbocycles. The van der Waals surface area contributed by atoms with Gasteiger partial charge in [0, 0.05) is 53.9 Å². The second kappa shape index (κ2) is 15.5. The summed E-state index contributed by atoms with van der Waals surface area (Å²) < 4.78 is 32.7. The molecule has 0 amide bonds. The van der Waals surface area contributed by atoms with E-state index in [2.05, 4.69) is 14.8 Å². The molecular weight excluding hydrogens is 615 g/mol. The first-order valence-electron chi connectivity index (χ1n) is 13.9. The molecule has 1 fully saturated rings. The zero-order valence-electron chi connectivity index (χ0n) is 23.4. The minimum atomic E-state index is -0.468. The summed E-state index contributed by atoms with van der Waals surface area (Å²) in [6, 6.07) is 21.6. The fourth-order valence-electron chi connectivity index (χ4n) is 5.30. The van der Waals surface area contributed by atoms with Crippen molar-refractivity contribution >= 4 is 47.4 Å². The van der Waals surface area contributed by atoms with Gasteiger partial charge in [-0.15, -0.1) is 12.4 Å². The predicted octanol–water partition coefficient (Wildman–Crippen LogP) is 8.18. The quantitative estimate of drug-likeness (QED) is 0.163. The third kappa shape index (κ3) is 8.67. The average molecular weight is 647 g/mol. The van der Waals surface area contributed by atoms with Crippen LogP contribution in [-0.2, 0) is 11.3 Å². The maximum Gasteiger partial charge on any atom is 0.342 e. The lowest BCUT2D eigenvalue weighted by Crippen LogP contribution is -2.47. The molecule has 1 aliphatic heterocycles. The monoisotopic (exact) mass is 645 g/mol. The second-order valence-electron chi connectivity index (χ2n) is 10.3. The maximum absolute atomic E-state index is 13.6. The van der Waals surface area contributed by atoms with Crippen LogP contribution in [0.15, 0.2) is 85.1 Å². The van der Waals surface area contributed by atoms with Crippen molar-refractivity contribution in [2.24, 2.45) is 0 Å². The molecule has 43 heavy (non-hydrogen) atoms. The van der Waals surface area contributed by atoms with E-state index in [-0.39, 0.29) is 36.6 Å². The number of benzene rings is 3. The van der Waals surface area contributed by atoms with Crippen LogP contribution in [-0.4, -0.2) is 48.6 Å². The maximum atomic E-state index is 13.6. The van der Waals surface area contributed by atoms with Crippen molar-refractivity contribution in [3.63, 3.8) is 0 Å². The highest BCUT2D eigenvalue weighted by Crippen LogP contribution is 2.30. The summed E-state index contributed by atoms with van der Waals surface area (Å²) in [5.41, 5.74) is 3.07. The first kappa shape index (κ1) is 32.7. The molecule has 0 radical (unpaired) electrons. The van der Waals surface area contributed by atoms with Gasteiger partial charge in [-0.1, -0.05) is 47.5 Å². The Morgan fingerprint density at radius 3 is 2.14 bits per heavy atom. The number of carbonyl (C=O) groups excluding carboxylic acids is 1. The summed E-state index contributed by atoms with van der Waals surface area (Å²) in [6.45, 7) is 3.98. The molecular formula is C33H32Cl3F2N3O2. The van der Waals surface area contributed by atoms with Crippen molar-refractivity contribution in [2.45, 2.75) is 25.4 Å². The molecule has 5 nitrogen and oxygen atoms in total. The van der Waals surface area contributed by atoms with Gasteiger partial charge in [0.15, 0.2) is 0 Å². The fourth-order valence-corrected chi connectivity index (χ4v) is 5.67. The first-order chi connectivity index (χ1) is 20.4. The molecule has 1 aliphatic rings. The van der Waals surface area contributed by atoms with E-state index in [0.717, 1.165) is 56.7 Å². The normalized spacial score (nSPS) is 13.6. The van der Waals surface area contributed by atoms with Crippen LogP contribution < -0.4 is 4.90 Å². The Bertz CT molecular complexity index is 1450. The van der Waals surface area contributed by atoms with Gasteiger partial charge in [-0.3, -0.25) is 4.90 Å². The molecule has 2 heterocycles. The van der Waals surface area contributed by atoms with E-state index in [1.54, 1.807) is 60.8 Å². The second-order valence-corrected chi connectivity index (χ2v) is 11.2. The van der Waals surface area contributed by atoms with Gasteiger partial charge in [0.05, 0.1) is 0 Å². The number of pyridine rings is 1. The highest BCUT2D eigenvalue weighted by atomic mass is 35.5. The van der Waals surface area contributed by atoms with Gasteiger partial charge in [0.25, 0.3) is 0 Å². The highest BCUT2D eigenvalue weighted by Gasteiger charge is 2.24. The van der Waals surface area contributed by atoms with Crippen LogP contribution in [0.3, 0.4) is 0 Å². The SMILES string of the molecule is Cl.O=C(OCc1cc(Cl)ccc1Cl)c1cccnc1N1CCN(CCCC(c2ccc(F)cc2)c2ccc(F)cc2)CC1. The Morgan fingerprint density at radius 1 is 0.884 bits per heavy atom. The molecule has 226 valence electrons. The molecule has 0 saturated carbocycles. The van der Waals surface area contributed by atoms with Crippen molar-refractivity contribution in [1.29, 1.82) is 0 Å². The number of rotatable bonds is 10. The number of halogens is 5. The smallest absolute Gasteiger partial charge is 0.342 e. The number of nitrogens with zero attached hydrogens (tertiary/aromatic N) is 3. The lowest BCUT2D eigenvalue weighted by molar-refractivity contribution is 0.0473. The van der Waals surface area contributed by atoms with Gasteiger partial charge >= 0.3 is 5.97 Å². The van der Waals surface area contributed by atoms with Crippen molar-refractivity contribution in [3.8, 4) is 0 Å². The van der Waals surface area contributed by atoms with Crippen molar-refractivity contribution < 1.29 is 18.3 Å². The van der Waals surface area contributed by atoms with Gasteiger partial charge in [0.2, 0.25) is 0 Å². The third-order valence-corrected chi connectivity index (χ3v) is 8.16. The van der Waals surface area contributed by atoms with Crippen LogP contribution in [0.5, 0.6) is 0 Å². The first-order valence-corrected chi connectivity index (χ1v) is 14.7. The number of hydrogen-bond acceptors (Lipinski definition) is 5. The van der Waals surface area contributed by atoms with E-state index in [1.165, 1.54) is 24.3 Å². The molecule has 4 aromatic rings. The van der Waals surface area contributed by atoms with E-state index in [9.17, 15) is 13.6 Å². The molecule has 0 unspecified atom stereocenters. The summed E-state index contributed by atoms with van der Waals surface area (Å²) in [5.74, 6) is -0.360. The summed E-state index contributed by atoms with van der Waals surface area (Å²) in [5, 5.41) is 1.00. The van der Waals surface area contributed by atoms with Crippen molar-refractivity contribution in [1.82, 2.24) is 9.88 Å². The number of piperazine rings is 1. The molecule has 0 aliphatic carbocycles. The van der Waals surface area contributed by atoms with Crippen LogP contribution in [0.4, 0.5) is 14.6 Å². The highest BCUT2D eigenvalue weighted by molar-refractivity contribution is 6.33. The number of ether oxygens (including phenoxy) is 1. The number of aromatic nitrogens is 1. The minimum Gasteiger partial charge on any atom is -0.457 e. The van der Waals surface area contributed by atoms with Crippen molar-refractivity contribution in [2.75, 3.05) is 37.6 Å². The number of hydrogen-bond donors (Lipinski definition) is 0. The molecule has 0 bridgehead atoms. The van der Waals surface area contributed by atoms with E-state index in [0.29, 0.717) is 27.0 Å². The Morgan fingerprint density at radius 2 is 1.51 bits per heavy atom.